The van der Waals surface area contributed by atoms with Crippen molar-refractivity contribution in [3.8, 4) is 0 Å². The van der Waals surface area contributed by atoms with Crippen LogP contribution in [-0.4, -0.2) is 54.0 Å². The van der Waals surface area contributed by atoms with Gasteiger partial charge in [-0.05, 0) is 51.6 Å². The minimum atomic E-state index is -0.620. The first-order chi connectivity index (χ1) is 9.13. The van der Waals surface area contributed by atoms with Crippen LogP contribution < -0.4 is 5.73 Å². The summed E-state index contributed by atoms with van der Waals surface area (Å²) in [5.74, 6) is 0. The van der Waals surface area contributed by atoms with Crippen molar-refractivity contribution in [1.29, 1.82) is 0 Å². The van der Waals surface area contributed by atoms with Crippen molar-refractivity contribution in [2.75, 3.05) is 26.2 Å². The molecule has 4 unspecified atom stereocenters. The van der Waals surface area contributed by atoms with Gasteiger partial charge in [0.05, 0.1) is 17.8 Å². The number of aliphatic hydroxyl groups is 1. The Hall–Kier alpha value is -0.160. The van der Waals surface area contributed by atoms with Crippen LogP contribution in [0.25, 0.3) is 0 Å². The summed E-state index contributed by atoms with van der Waals surface area (Å²) in [7, 11) is 0. The highest BCUT2D eigenvalue weighted by molar-refractivity contribution is 5.12. The van der Waals surface area contributed by atoms with E-state index in [4.69, 9.17) is 10.5 Å². The van der Waals surface area contributed by atoms with Gasteiger partial charge in [0.15, 0.2) is 0 Å². The van der Waals surface area contributed by atoms with Crippen LogP contribution >= 0.6 is 0 Å². The average Bonchev–Trinajstić information content (AvgIpc) is 2.97. The standard InChI is InChI=1S/C15H28N2O2/c1-2-17-8-3-6-15(18,7-9-17)14(11-16)10-12-4-5-13(14)19-12/h12-13,18H,2-11,16H2,1H3. The molecule has 3 N–H and O–H groups in total. The van der Waals surface area contributed by atoms with Crippen molar-refractivity contribution >= 4 is 0 Å². The largest absolute Gasteiger partial charge is 0.389 e. The Labute approximate surface area is 116 Å². The first-order valence-corrected chi connectivity index (χ1v) is 7.94. The summed E-state index contributed by atoms with van der Waals surface area (Å²) in [6.45, 7) is 5.94. The second-order valence-electron chi connectivity index (χ2n) is 6.71. The number of rotatable bonds is 3. The van der Waals surface area contributed by atoms with E-state index in [2.05, 4.69) is 11.8 Å². The van der Waals surface area contributed by atoms with E-state index in [1.807, 2.05) is 0 Å². The van der Waals surface area contributed by atoms with Crippen LogP contribution in [0.5, 0.6) is 0 Å². The molecule has 4 nitrogen and oxygen atoms in total. The van der Waals surface area contributed by atoms with Gasteiger partial charge in [-0.3, -0.25) is 0 Å². The van der Waals surface area contributed by atoms with E-state index in [9.17, 15) is 5.11 Å². The molecule has 2 bridgehead atoms. The third kappa shape index (κ3) is 2.04. The maximum atomic E-state index is 11.4. The maximum Gasteiger partial charge on any atom is 0.0754 e. The smallest absolute Gasteiger partial charge is 0.0754 e. The predicted molar refractivity (Wildman–Crippen MR) is 74.9 cm³/mol. The lowest BCUT2D eigenvalue weighted by molar-refractivity contribution is -0.119. The molecule has 0 saturated carbocycles. The van der Waals surface area contributed by atoms with E-state index in [1.54, 1.807) is 0 Å². The lowest BCUT2D eigenvalue weighted by Crippen LogP contribution is -2.58. The van der Waals surface area contributed by atoms with Gasteiger partial charge in [0, 0.05) is 18.5 Å². The van der Waals surface area contributed by atoms with Crippen molar-refractivity contribution in [3.63, 3.8) is 0 Å². The highest BCUT2D eigenvalue weighted by Gasteiger charge is 2.61. The van der Waals surface area contributed by atoms with Gasteiger partial charge in [-0.25, -0.2) is 0 Å². The van der Waals surface area contributed by atoms with Crippen LogP contribution in [0.4, 0.5) is 0 Å². The van der Waals surface area contributed by atoms with E-state index in [1.165, 1.54) is 0 Å². The lowest BCUT2D eigenvalue weighted by Gasteiger charge is -2.48. The summed E-state index contributed by atoms with van der Waals surface area (Å²) in [4.78, 5) is 2.44. The molecular formula is C15H28N2O2. The molecule has 0 aromatic carbocycles. The van der Waals surface area contributed by atoms with Crippen LogP contribution in [0.1, 0.15) is 45.4 Å². The molecule has 3 rings (SSSR count). The number of likely N-dealkylation sites (tertiary alicyclic amines) is 1. The summed E-state index contributed by atoms with van der Waals surface area (Å²) in [5, 5.41) is 11.4. The van der Waals surface area contributed by atoms with Crippen molar-refractivity contribution in [2.45, 2.75) is 63.3 Å². The zero-order valence-electron chi connectivity index (χ0n) is 12.1. The van der Waals surface area contributed by atoms with E-state index in [-0.39, 0.29) is 11.5 Å². The number of nitrogens with zero attached hydrogens (tertiary/aromatic N) is 1. The minimum absolute atomic E-state index is 0.181. The summed E-state index contributed by atoms with van der Waals surface area (Å²) in [6, 6.07) is 0. The summed E-state index contributed by atoms with van der Waals surface area (Å²) in [5.41, 5.74) is 5.34. The molecule has 4 atom stereocenters. The summed E-state index contributed by atoms with van der Waals surface area (Å²) < 4.78 is 6.04. The third-order valence-corrected chi connectivity index (χ3v) is 5.96. The van der Waals surface area contributed by atoms with Gasteiger partial charge in [-0.1, -0.05) is 6.92 Å². The van der Waals surface area contributed by atoms with E-state index in [0.29, 0.717) is 12.6 Å². The van der Waals surface area contributed by atoms with Gasteiger partial charge in [-0.2, -0.15) is 0 Å². The van der Waals surface area contributed by atoms with Crippen molar-refractivity contribution in [2.24, 2.45) is 11.1 Å². The fourth-order valence-electron chi connectivity index (χ4n) is 4.68. The third-order valence-electron chi connectivity index (χ3n) is 5.96. The monoisotopic (exact) mass is 268 g/mol. The Morgan fingerprint density at radius 3 is 2.74 bits per heavy atom. The van der Waals surface area contributed by atoms with Gasteiger partial charge in [0.1, 0.15) is 0 Å². The van der Waals surface area contributed by atoms with Crippen molar-refractivity contribution < 1.29 is 9.84 Å². The van der Waals surface area contributed by atoms with Crippen LogP contribution in [0, 0.1) is 5.41 Å². The van der Waals surface area contributed by atoms with Crippen LogP contribution in [0.15, 0.2) is 0 Å². The quantitative estimate of drug-likeness (QED) is 0.805. The molecule has 4 heteroatoms. The van der Waals surface area contributed by atoms with E-state index >= 15 is 0 Å². The maximum absolute atomic E-state index is 11.4. The van der Waals surface area contributed by atoms with Crippen molar-refractivity contribution in [3.05, 3.63) is 0 Å². The van der Waals surface area contributed by atoms with Gasteiger partial charge in [0.25, 0.3) is 0 Å². The van der Waals surface area contributed by atoms with E-state index < -0.39 is 5.60 Å². The van der Waals surface area contributed by atoms with Crippen LogP contribution in [-0.2, 0) is 4.74 Å². The molecule has 3 fully saturated rings. The molecule has 3 aliphatic rings. The number of hydrogen-bond donors (Lipinski definition) is 2. The lowest BCUT2D eigenvalue weighted by atomic mass is 9.60. The zero-order chi connectivity index (χ0) is 13.5. The molecule has 0 spiro atoms. The molecule has 0 aromatic rings. The Balaban J connectivity index is 1.82. The second kappa shape index (κ2) is 4.99. The van der Waals surface area contributed by atoms with Gasteiger partial charge >= 0.3 is 0 Å². The molecule has 110 valence electrons. The second-order valence-corrected chi connectivity index (χ2v) is 6.71. The average molecular weight is 268 g/mol. The Morgan fingerprint density at radius 1 is 1.32 bits per heavy atom. The molecular weight excluding hydrogens is 240 g/mol. The summed E-state index contributed by atoms with van der Waals surface area (Å²) >= 11 is 0. The number of fused-ring (bicyclic) bond motifs is 2. The highest BCUT2D eigenvalue weighted by Crippen LogP contribution is 2.55. The van der Waals surface area contributed by atoms with Crippen LogP contribution in [0.2, 0.25) is 0 Å². The number of nitrogens with two attached hydrogens (primary N) is 1. The Morgan fingerprint density at radius 2 is 2.16 bits per heavy atom. The number of hydrogen-bond acceptors (Lipinski definition) is 4. The first-order valence-electron chi connectivity index (χ1n) is 7.94. The van der Waals surface area contributed by atoms with Crippen molar-refractivity contribution in [1.82, 2.24) is 4.90 Å². The molecule has 0 radical (unpaired) electrons. The molecule has 0 aromatic heterocycles. The zero-order valence-corrected chi connectivity index (χ0v) is 12.1. The molecule has 19 heavy (non-hydrogen) atoms. The summed E-state index contributed by atoms with van der Waals surface area (Å²) in [6.07, 6.45) is 6.56. The minimum Gasteiger partial charge on any atom is -0.389 e. The topological polar surface area (TPSA) is 58.7 Å². The molecule has 0 aliphatic carbocycles. The predicted octanol–water partition coefficient (Wildman–Crippen LogP) is 1.12. The highest BCUT2D eigenvalue weighted by atomic mass is 16.5. The van der Waals surface area contributed by atoms with Crippen LogP contribution in [0.3, 0.4) is 0 Å². The normalized spacial score (nSPS) is 47.5. The van der Waals surface area contributed by atoms with E-state index in [0.717, 1.165) is 58.2 Å². The molecule has 3 aliphatic heterocycles. The van der Waals surface area contributed by atoms with Gasteiger partial charge in [-0.15, -0.1) is 0 Å². The molecule has 3 saturated heterocycles. The number of ether oxygens (including phenoxy) is 1. The van der Waals surface area contributed by atoms with Gasteiger partial charge in [0.2, 0.25) is 0 Å². The Kier molecular flexibility index (Phi) is 3.63. The molecule has 0 amide bonds. The molecule has 3 heterocycles. The Bertz CT molecular complexity index is 338. The SMILES string of the molecule is CCN1CCCC(O)(C2(CN)CC3CCC2O3)CC1. The van der Waals surface area contributed by atoms with Gasteiger partial charge < -0.3 is 20.5 Å². The fraction of sp³-hybridized carbons (Fsp3) is 1.00. The fourth-order valence-corrected chi connectivity index (χ4v) is 4.68. The first kappa shape index (κ1) is 13.8.